The fourth-order valence-corrected chi connectivity index (χ4v) is 4.06. The molecule has 5 heteroatoms. The first-order chi connectivity index (χ1) is 13.4. The van der Waals surface area contributed by atoms with Crippen molar-refractivity contribution in [1.29, 1.82) is 0 Å². The van der Waals surface area contributed by atoms with Gasteiger partial charge in [0.15, 0.2) is 0 Å². The van der Waals surface area contributed by atoms with E-state index in [9.17, 15) is 4.79 Å². The summed E-state index contributed by atoms with van der Waals surface area (Å²) in [5, 5.41) is 3.10. The Morgan fingerprint density at radius 1 is 1.07 bits per heavy atom. The number of amides is 2. The van der Waals surface area contributed by atoms with Gasteiger partial charge < -0.3 is 15.0 Å². The molecular formula is C23H37N3O2. The number of piperidine rings is 1. The van der Waals surface area contributed by atoms with Crippen molar-refractivity contribution in [3.63, 3.8) is 0 Å². The zero-order valence-electron chi connectivity index (χ0n) is 17.9. The van der Waals surface area contributed by atoms with Gasteiger partial charge in [0.05, 0.1) is 13.2 Å². The van der Waals surface area contributed by atoms with E-state index in [0.29, 0.717) is 12.5 Å². The van der Waals surface area contributed by atoms with Crippen LogP contribution in [0.2, 0.25) is 0 Å². The van der Waals surface area contributed by atoms with Gasteiger partial charge in [0.25, 0.3) is 0 Å². The van der Waals surface area contributed by atoms with E-state index in [1.807, 2.05) is 4.90 Å². The first-order valence-corrected chi connectivity index (χ1v) is 10.8. The summed E-state index contributed by atoms with van der Waals surface area (Å²) >= 11 is 0. The molecule has 1 aromatic rings. The van der Waals surface area contributed by atoms with Crippen molar-refractivity contribution >= 4 is 6.03 Å². The highest BCUT2D eigenvalue weighted by molar-refractivity contribution is 5.74. The first kappa shape index (κ1) is 21.1. The Morgan fingerprint density at radius 3 is 2.32 bits per heavy atom. The van der Waals surface area contributed by atoms with Crippen LogP contribution in [0.1, 0.15) is 44.7 Å². The van der Waals surface area contributed by atoms with Crippen molar-refractivity contribution in [2.24, 2.45) is 5.92 Å². The number of rotatable bonds is 5. The van der Waals surface area contributed by atoms with E-state index in [1.165, 1.54) is 11.1 Å². The minimum atomic E-state index is 0.0936. The number of benzene rings is 1. The van der Waals surface area contributed by atoms with Crippen molar-refractivity contribution in [1.82, 2.24) is 15.1 Å². The Balaban J connectivity index is 1.34. The van der Waals surface area contributed by atoms with Crippen LogP contribution in [0, 0.1) is 5.92 Å². The SMILES string of the molecule is CC(C)(C)c1ccc(CCNC(=O)N2CCC(CN3CCOCC3)CC2)cc1. The topological polar surface area (TPSA) is 44.8 Å². The van der Waals surface area contributed by atoms with Gasteiger partial charge in [-0.15, -0.1) is 0 Å². The number of urea groups is 1. The Kier molecular flexibility index (Phi) is 7.36. The smallest absolute Gasteiger partial charge is 0.317 e. The summed E-state index contributed by atoms with van der Waals surface area (Å²) in [7, 11) is 0. The summed E-state index contributed by atoms with van der Waals surface area (Å²) in [5.41, 5.74) is 2.80. The minimum absolute atomic E-state index is 0.0936. The van der Waals surface area contributed by atoms with Crippen LogP contribution in [-0.4, -0.2) is 68.3 Å². The highest BCUT2D eigenvalue weighted by Crippen LogP contribution is 2.22. The van der Waals surface area contributed by atoms with Gasteiger partial charge in [-0.3, -0.25) is 4.90 Å². The third kappa shape index (κ3) is 6.21. The predicted molar refractivity (Wildman–Crippen MR) is 114 cm³/mol. The quantitative estimate of drug-likeness (QED) is 0.843. The molecule has 2 aliphatic heterocycles. The number of hydrogen-bond donors (Lipinski definition) is 1. The van der Waals surface area contributed by atoms with Crippen molar-refractivity contribution in [2.45, 2.75) is 45.4 Å². The fraction of sp³-hybridized carbons (Fsp3) is 0.696. The van der Waals surface area contributed by atoms with Crippen LogP contribution in [-0.2, 0) is 16.6 Å². The van der Waals surface area contributed by atoms with Crippen LogP contribution in [0.5, 0.6) is 0 Å². The van der Waals surface area contributed by atoms with E-state index in [4.69, 9.17) is 4.74 Å². The van der Waals surface area contributed by atoms with Crippen LogP contribution in [0.25, 0.3) is 0 Å². The summed E-state index contributed by atoms with van der Waals surface area (Å²) in [5.74, 6) is 0.712. The molecule has 2 amide bonds. The van der Waals surface area contributed by atoms with Crippen LogP contribution in [0.15, 0.2) is 24.3 Å². The maximum absolute atomic E-state index is 12.5. The van der Waals surface area contributed by atoms with Gasteiger partial charge in [0.2, 0.25) is 0 Å². The number of ether oxygens (including phenoxy) is 1. The molecule has 2 saturated heterocycles. The van der Waals surface area contributed by atoms with Crippen molar-refractivity contribution in [3.8, 4) is 0 Å². The van der Waals surface area contributed by atoms with Gasteiger partial charge in [-0.25, -0.2) is 4.79 Å². The van der Waals surface area contributed by atoms with E-state index >= 15 is 0 Å². The highest BCUT2D eigenvalue weighted by Gasteiger charge is 2.24. The summed E-state index contributed by atoms with van der Waals surface area (Å²) in [6.45, 7) is 14.1. The lowest BCUT2D eigenvalue weighted by Crippen LogP contribution is -2.47. The minimum Gasteiger partial charge on any atom is -0.379 e. The Labute approximate surface area is 170 Å². The lowest BCUT2D eigenvalue weighted by atomic mass is 9.86. The molecule has 156 valence electrons. The zero-order chi connectivity index (χ0) is 20.0. The van der Waals surface area contributed by atoms with Crippen LogP contribution >= 0.6 is 0 Å². The fourth-order valence-electron chi connectivity index (χ4n) is 4.06. The normalized spacial score (nSPS) is 19.6. The second kappa shape index (κ2) is 9.75. The van der Waals surface area contributed by atoms with Gasteiger partial charge in [0, 0.05) is 39.3 Å². The molecule has 0 spiro atoms. The molecule has 0 aliphatic carbocycles. The third-order valence-corrected chi connectivity index (χ3v) is 6.03. The standard InChI is InChI=1S/C23H37N3O2/c1-23(2,3)21-6-4-19(5-7-21)8-11-24-22(27)26-12-9-20(10-13-26)18-25-14-16-28-17-15-25/h4-7,20H,8-18H2,1-3H3,(H,24,27). The molecule has 0 unspecified atom stereocenters. The summed E-state index contributed by atoms with van der Waals surface area (Å²) in [4.78, 5) is 17.0. The van der Waals surface area contributed by atoms with Gasteiger partial charge in [0.1, 0.15) is 0 Å². The molecule has 0 saturated carbocycles. The van der Waals surface area contributed by atoms with Crippen LogP contribution in [0.4, 0.5) is 4.79 Å². The molecule has 28 heavy (non-hydrogen) atoms. The Bertz CT molecular complexity index is 610. The number of nitrogens with one attached hydrogen (secondary N) is 1. The van der Waals surface area contributed by atoms with Crippen LogP contribution < -0.4 is 5.32 Å². The molecule has 0 atom stereocenters. The summed E-state index contributed by atoms with van der Waals surface area (Å²) in [6.07, 6.45) is 3.10. The number of morpholine rings is 1. The molecule has 0 aromatic heterocycles. The number of hydrogen-bond acceptors (Lipinski definition) is 3. The molecule has 5 nitrogen and oxygen atoms in total. The van der Waals surface area contributed by atoms with Crippen molar-refractivity contribution in [3.05, 3.63) is 35.4 Å². The van der Waals surface area contributed by atoms with E-state index in [0.717, 1.165) is 65.2 Å². The molecule has 0 radical (unpaired) electrons. The maximum atomic E-state index is 12.5. The Hall–Kier alpha value is -1.59. The summed E-state index contributed by atoms with van der Waals surface area (Å²) < 4.78 is 5.42. The number of likely N-dealkylation sites (tertiary alicyclic amines) is 1. The highest BCUT2D eigenvalue weighted by atomic mass is 16.5. The number of nitrogens with zero attached hydrogens (tertiary/aromatic N) is 2. The third-order valence-electron chi connectivity index (χ3n) is 6.03. The van der Waals surface area contributed by atoms with E-state index in [2.05, 4.69) is 55.3 Å². The van der Waals surface area contributed by atoms with E-state index < -0.39 is 0 Å². The second-order valence-corrected chi connectivity index (χ2v) is 9.27. The lowest BCUT2D eigenvalue weighted by molar-refractivity contribution is 0.0258. The first-order valence-electron chi connectivity index (χ1n) is 10.8. The van der Waals surface area contributed by atoms with E-state index in [1.54, 1.807) is 0 Å². The monoisotopic (exact) mass is 387 g/mol. The molecule has 0 bridgehead atoms. The number of carbonyl (C=O) groups excluding carboxylic acids is 1. The molecule has 2 fully saturated rings. The van der Waals surface area contributed by atoms with Crippen LogP contribution in [0.3, 0.4) is 0 Å². The maximum Gasteiger partial charge on any atom is 0.317 e. The molecular weight excluding hydrogens is 350 g/mol. The summed E-state index contributed by atoms with van der Waals surface area (Å²) in [6, 6.07) is 8.87. The molecule has 2 heterocycles. The lowest BCUT2D eigenvalue weighted by Gasteiger charge is -2.36. The van der Waals surface area contributed by atoms with E-state index in [-0.39, 0.29) is 11.4 Å². The Morgan fingerprint density at radius 2 is 1.71 bits per heavy atom. The largest absolute Gasteiger partial charge is 0.379 e. The zero-order valence-corrected chi connectivity index (χ0v) is 17.9. The van der Waals surface area contributed by atoms with Gasteiger partial charge in [-0.05, 0) is 41.7 Å². The molecule has 3 rings (SSSR count). The van der Waals surface area contributed by atoms with Crippen molar-refractivity contribution < 1.29 is 9.53 Å². The second-order valence-electron chi connectivity index (χ2n) is 9.27. The van der Waals surface area contributed by atoms with Crippen molar-refractivity contribution in [2.75, 3.05) is 52.5 Å². The van der Waals surface area contributed by atoms with Gasteiger partial charge >= 0.3 is 6.03 Å². The molecule has 1 N–H and O–H groups in total. The average Bonchev–Trinajstić information content (AvgIpc) is 2.69. The van der Waals surface area contributed by atoms with Gasteiger partial charge in [-0.2, -0.15) is 0 Å². The molecule has 2 aliphatic rings. The van der Waals surface area contributed by atoms with Gasteiger partial charge in [-0.1, -0.05) is 45.0 Å². The predicted octanol–water partition coefficient (Wildman–Crippen LogP) is 3.28. The average molecular weight is 388 g/mol. The molecule has 1 aromatic carbocycles. The number of carbonyl (C=O) groups is 1.